The van der Waals surface area contributed by atoms with Crippen molar-refractivity contribution >= 4 is 40.5 Å². The molecule has 1 heterocycles. The average Bonchev–Trinajstić information content (AvgIpc) is 2.90. The number of hydrogen-bond donors (Lipinski definition) is 2. The Morgan fingerprint density at radius 1 is 1.08 bits per heavy atom. The molecule has 38 heavy (non-hydrogen) atoms. The van der Waals surface area contributed by atoms with E-state index in [4.69, 9.17) is 14.6 Å². The molecule has 0 amide bonds. The van der Waals surface area contributed by atoms with E-state index in [9.17, 15) is 4.79 Å². The number of ether oxygens (including phenoxy) is 2. The molecule has 4 aromatic carbocycles. The molecule has 0 saturated heterocycles. The van der Waals surface area contributed by atoms with Crippen LogP contribution < -0.4 is 19.7 Å². The minimum Gasteiger partial charge on any atom is -0.486 e. The molecule has 0 aliphatic carbocycles. The second-order valence-electron chi connectivity index (χ2n) is 9.54. The maximum Gasteiger partial charge on any atom is 0.341 e. The third kappa shape index (κ3) is 6.21. The van der Waals surface area contributed by atoms with Crippen LogP contribution in [0, 0.1) is 6.92 Å². The fourth-order valence-corrected chi connectivity index (χ4v) is 5.00. The summed E-state index contributed by atoms with van der Waals surface area (Å²) in [7, 11) is 0. The molecular formula is C31H33ClN2O4. The van der Waals surface area contributed by atoms with Crippen molar-refractivity contribution in [3.05, 3.63) is 96.1 Å². The Kier molecular flexibility index (Phi) is 8.77. The molecule has 4 aromatic rings. The number of carboxylic acid groups (broad SMARTS) is 1. The second kappa shape index (κ2) is 12.2. The van der Waals surface area contributed by atoms with Gasteiger partial charge in [0, 0.05) is 17.8 Å². The zero-order valence-electron chi connectivity index (χ0n) is 21.6. The van der Waals surface area contributed by atoms with Crippen LogP contribution in [0.2, 0.25) is 0 Å². The highest BCUT2D eigenvalue weighted by Gasteiger charge is 2.27. The van der Waals surface area contributed by atoms with Gasteiger partial charge < -0.3 is 24.8 Å². The topological polar surface area (TPSA) is 71.0 Å². The molecular weight excluding hydrogens is 500 g/mol. The van der Waals surface area contributed by atoms with E-state index < -0.39 is 5.97 Å². The number of fused-ring (bicyclic) bond motifs is 2. The van der Waals surface area contributed by atoms with E-state index in [2.05, 4.69) is 65.7 Å². The number of aliphatic carboxylic acids is 1. The van der Waals surface area contributed by atoms with Gasteiger partial charge in [0.2, 0.25) is 0 Å². The van der Waals surface area contributed by atoms with Gasteiger partial charge in [0.1, 0.15) is 17.6 Å². The van der Waals surface area contributed by atoms with Gasteiger partial charge in [0.05, 0.1) is 12.2 Å². The van der Waals surface area contributed by atoms with E-state index in [0.29, 0.717) is 12.3 Å². The molecule has 5 rings (SSSR count). The van der Waals surface area contributed by atoms with Crippen LogP contribution in [0.25, 0.3) is 10.8 Å². The fourth-order valence-electron chi connectivity index (χ4n) is 5.00. The highest BCUT2D eigenvalue weighted by Crippen LogP contribution is 2.40. The molecule has 1 unspecified atom stereocenters. The standard InChI is InChI=1S/C31H32N2O4.ClH/c1-21-16-24(18-26(17-21)36-20-31(34)35)33-19-25(37-30-13-6-5-12-29(30)33)14-15-32-22(2)27-11-7-9-23-8-3-4-10-28(23)27;/h3-13,16-18,22,25,32H,14-15,19-20H2,1-2H3,(H,34,35);1H/t22-,25?;/m1./s1. The van der Waals surface area contributed by atoms with Crippen LogP contribution in [0.5, 0.6) is 11.5 Å². The SMILES string of the molecule is Cc1cc(OCC(=O)O)cc(N2CC(CCN[C@H](C)c3cccc4ccccc34)Oc3ccccc32)c1.Cl. The predicted octanol–water partition coefficient (Wildman–Crippen LogP) is 6.67. The molecule has 2 N–H and O–H groups in total. The summed E-state index contributed by atoms with van der Waals surface area (Å²) in [5, 5.41) is 15.2. The molecule has 0 radical (unpaired) electrons. The minimum absolute atomic E-state index is 0. The summed E-state index contributed by atoms with van der Waals surface area (Å²) < 4.78 is 11.9. The lowest BCUT2D eigenvalue weighted by Gasteiger charge is -2.37. The van der Waals surface area contributed by atoms with Crippen LogP contribution in [-0.4, -0.2) is 36.9 Å². The van der Waals surface area contributed by atoms with Crippen LogP contribution >= 0.6 is 12.4 Å². The van der Waals surface area contributed by atoms with Crippen LogP contribution in [0.15, 0.2) is 84.9 Å². The number of nitrogens with zero attached hydrogens (tertiary/aromatic N) is 1. The zero-order chi connectivity index (χ0) is 25.8. The molecule has 198 valence electrons. The van der Waals surface area contributed by atoms with Gasteiger partial charge in [-0.1, -0.05) is 54.6 Å². The Bertz CT molecular complexity index is 1400. The van der Waals surface area contributed by atoms with Crippen molar-refractivity contribution in [2.75, 3.05) is 24.6 Å². The third-order valence-electron chi connectivity index (χ3n) is 6.75. The number of halogens is 1. The number of para-hydroxylation sites is 2. The van der Waals surface area contributed by atoms with Crippen molar-refractivity contribution < 1.29 is 19.4 Å². The van der Waals surface area contributed by atoms with E-state index in [1.54, 1.807) is 0 Å². The lowest BCUT2D eigenvalue weighted by molar-refractivity contribution is -0.139. The first-order valence-corrected chi connectivity index (χ1v) is 12.7. The van der Waals surface area contributed by atoms with E-state index in [-0.39, 0.29) is 31.2 Å². The molecule has 2 atom stereocenters. The van der Waals surface area contributed by atoms with Gasteiger partial charge in [0.25, 0.3) is 0 Å². The highest BCUT2D eigenvalue weighted by molar-refractivity contribution is 5.86. The lowest BCUT2D eigenvalue weighted by atomic mass is 9.99. The quantitative estimate of drug-likeness (QED) is 0.251. The molecule has 1 aliphatic rings. The Balaban J connectivity index is 0.00000336. The summed E-state index contributed by atoms with van der Waals surface area (Å²) in [6.07, 6.45) is 0.833. The largest absolute Gasteiger partial charge is 0.486 e. The number of aryl methyl sites for hydroxylation is 1. The van der Waals surface area contributed by atoms with Crippen molar-refractivity contribution in [2.24, 2.45) is 0 Å². The van der Waals surface area contributed by atoms with Crippen LogP contribution in [-0.2, 0) is 4.79 Å². The Morgan fingerprint density at radius 2 is 1.84 bits per heavy atom. The monoisotopic (exact) mass is 532 g/mol. The van der Waals surface area contributed by atoms with E-state index in [0.717, 1.165) is 35.7 Å². The van der Waals surface area contributed by atoms with E-state index in [1.165, 1.54) is 16.3 Å². The number of carbonyl (C=O) groups is 1. The van der Waals surface area contributed by atoms with Crippen molar-refractivity contribution in [3.63, 3.8) is 0 Å². The summed E-state index contributed by atoms with van der Waals surface area (Å²) >= 11 is 0. The summed E-state index contributed by atoms with van der Waals surface area (Å²) in [4.78, 5) is 13.2. The second-order valence-corrected chi connectivity index (χ2v) is 9.54. The molecule has 0 fully saturated rings. The number of rotatable bonds is 9. The lowest BCUT2D eigenvalue weighted by Crippen LogP contribution is -2.39. The van der Waals surface area contributed by atoms with Gasteiger partial charge in [-0.3, -0.25) is 0 Å². The highest BCUT2D eigenvalue weighted by atomic mass is 35.5. The first kappa shape index (κ1) is 27.3. The number of carboxylic acids is 1. The maximum atomic E-state index is 11.0. The number of hydrogen-bond acceptors (Lipinski definition) is 5. The maximum absolute atomic E-state index is 11.0. The van der Waals surface area contributed by atoms with Crippen molar-refractivity contribution in [1.29, 1.82) is 0 Å². The molecule has 1 aliphatic heterocycles. The summed E-state index contributed by atoms with van der Waals surface area (Å²) in [6, 6.07) is 29.0. The third-order valence-corrected chi connectivity index (χ3v) is 6.75. The van der Waals surface area contributed by atoms with Gasteiger partial charge in [0.15, 0.2) is 6.61 Å². The van der Waals surface area contributed by atoms with Gasteiger partial charge in [-0.2, -0.15) is 0 Å². The first-order valence-electron chi connectivity index (χ1n) is 12.7. The van der Waals surface area contributed by atoms with Gasteiger partial charge in [-0.15, -0.1) is 12.4 Å². The number of anilines is 2. The fraction of sp³-hybridized carbons (Fsp3) is 0.258. The van der Waals surface area contributed by atoms with Gasteiger partial charge in [-0.05, 0) is 73.0 Å². The summed E-state index contributed by atoms with van der Waals surface area (Å²) in [5.74, 6) is 0.393. The zero-order valence-corrected chi connectivity index (χ0v) is 22.4. The molecule has 0 saturated carbocycles. The minimum atomic E-state index is -0.995. The molecule has 0 bridgehead atoms. The van der Waals surface area contributed by atoms with Crippen LogP contribution in [0.1, 0.15) is 30.5 Å². The smallest absolute Gasteiger partial charge is 0.341 e. The predicted molar refractivity (Wildman–Crippen MR) is 154 cm³/mol. The van der Waals surface area contributed by atoms with Crippen LogP contribution in [0.4, 0.5) is 11.4 Å². The van der Waals surface area contributed by atoms with E-state index in [1.807, 2.05) is 43.3 Å². The average molecular weight is 533 g/mol. The molecule has 6 nitrogen and oxygen atoms in total. The molecule has 7 heteroatoms. The van der Waals surface area contributed by atoms with Gasteiger partial charge >= 0.3 is 5.97 Å². The van der Waals surface area contributed by atoms with Crippen LogP contribution in [0.3, 0.4) is 0 Å². The Labute approximate surface area is 229 Å². The number of nitrogens with one attached hydrogen (secondary N) is 1. The van der Waals surface area contributed by atoms with Gasteiger partial charge in [-0.25, -0.2) is 4.79 Å². The summed E-state index contributed by atoms with van der Waals surface area (Å²) in [6.45, 7) is 5.32. The number of benzene rings is 4. The van der Waals surface area contributed by atoms with Crippen molar-refractivity contribution in [3.8, 4) is 11.5 Å². The van der Waals surface area contributed by atoms with Crippen molar-refractivity contribution in [2.45, 2.75) is 32.4 Å². The van der Waals surface area contributed by atoms with Crippen molar-refractivity contribution in [1.82, 2.24) is 5.32 Å². The molecule has 0 spiro atoms. The Morgan fingerprint density at radius 3 is 2.68 bits per heavy atom. The first-order chi connectivity index (χ1) is 18.0. The Hall–Kier alpha value is -3.74. The normalized spacial score (nSPS) is 15.2. The molecule has 0 aromatic heterocycles. The summed E-state index contributed by atoms with van der Waals surface area (Å²) in [5.41, 5.74) is 4.25. The van der Waals surface area contributed by atoms with E-state index >= 15 is 0 Å².